The second-order valence-electron chi connectivity index (χ2n) is 16.1. The van der Waals surface area contributed by atoms with Crippen molar-refractivity contribution in [2.24, 2.45) is 5.73 Å². The molecule has 2 aliphatic heterocycles. The van der Waals surface area contributed by atoms with Gasteiger partial charge < -0.3 is 40.6 Å². The number of fused-ring (bicyclic) bond motifs is 2. The van der Waals surface area contributed by atoms with E-state index in [1.165, 1.54) is 23.3 Å². The highest BCUT2D eigenvalue weighted by molar-refractivity contribution is 6.07. The van der Waals surface area contributed by atoms with Crippen molar-refractivity contribution < 1.29 is 9.59 Å². The average molecular weight is 803 g/mol. The molecule has 0 radical (unpaired) electrons. The highest BCUT2D eigenvalue weighted by Crippen LogP contribution is 2.21. The van der Waals surface area contributed by atoms with E-state index in [1.807, 2.05) is 54.8 Å². The van der Waals surface area contributed by atoms with E-state index in [9.17, 15) is 19.2 Å². The summed E-state index contributed by atoms with van der Waals surface area (Å²) in [6.45, 7) is 14.0. The number of benzene rings is 3. The van der Waals surface area contributed by atoms with Gasteiger partial charge in [0.15, 0.2) is 0 Å². The Morgan fingerprint density at radius 3 is 1.51 bits per heavy atom. The quantitative estimate of drug-likeness (QED) is 0.144. The summed E-state index contributed by atoms with van der Waals surface area (Å²) in [5.74, 6) is -0.461. The molecule has 59 heavy (non-hydrogen) atoms. The van der Waals surface area contributed by atoms with Gasteiger partial charge in [0.25, 0.3) is 22.9 Å². The van der Waals surface area contributed by atoms with Crippen LogP contribution < -0.4 is 32.8 Å². The first-order valence-corrected chi connectivity index (χ1v) is 21.2. The van der Waals surface area contributed by atoms with E-state index in [1.54, 1.807) is 18.7 Å². The summed E-state index contributed by atoms with van der Waals surface area (Å²) in [5.41, 5.74) is 13.1. The zero-order valence-corrected chi connectivity index (χ0v) is 35.5. The van der Waals surface area contributed by atoms with Crippen LogP contribution in [0.1, 0.15) is 75.6 Å². The van der Waals surface area contributed by atoms with Crippen LogP contribution in [0.4, 0.5) is 0 Å². The minimum atomic E-state index is -0.233. The SMILES string of the molecule is CCc1ccc(CNC2CCN(CCn3c(=O)cc(C(=O)NC)c4ccc(C)cc43)CC2)cc1.CNC(=O)c1cc(=O)n(CCN2CCC(N)CC2)c2cc(C)ccc12. The smallest absolute Gasteiger partial charge is 0.251 e. The number of nitrogens with zero attached hydrogens (tertiary/aromatic N) is 4. The third-order valence-electron chi connectivity index (χ3n) is 12.0. The molecule has 0 saturated carbocycles. The van der Waals surface area contributed by atoms with E-state index in [-0.39, 0.29) is 22.9 Å². The Morgan fingerprint density at radius 1 is 0.627 bits per heavy atom. The molecule has 5 aromatic rings. The second-order valence-corrected chi connectivity index (χ2v) is 16.1. The van der Waals surface area contributed by atoms with Crippen molar-refractivity contribution in [3.05, 3.63) is 127 Å². The predicted molar refractivity (Wildman–Crippen MR) is 238 cm³/mol. The van der Waals surface area contributed by atoms with Crippen molar-refractivity contribution in [3.63, 3.8) is 0 Å². The Labute approximate surface area is 347 Å². The first kappa shape index (κ1) is 43.4. The molecule has 2 amide bonds. The summed E-state index contributed by atoms with van der Waals surface area (Å²) in [5, 5.41) is 10.6. The summed E-state index contributed by atoms with van der Waals surface area (Å²) < 4.78 is 3.60. The molecule has 5 N–H and O–H groups in total. The molecule has 0 bridgehead atoms. The van der Waals surface area contributed by atoms with Crippen molar-refractivity contribution >= 4 is 33.6 Å². The second kappa shape index (κ2) is 20.2. The Morgan fingerprint density at radius 2 is 1.07 bits per heavy atom. The van der Waals surface area contributed by atoms with Gasteiger partial charge in [0.05, 0.1) is 22.2 Å². The van der Waals surface area contributed by atoms with E-state index >= 15 is 0 Å². The molecule has 12 nitrogen and oxygen atoms in total. The maximum Gasteiger partial charge on any atom is 0.251 e. The Kier molecular flexibility index (Phi) is 14.9. The number of carbonyl (C=O) groups excluding carboxylic acids is 2. The van der Waals surface area contributed by atoms with Crippen LogP contribution in [0.2, 0.25) is 0 Å². The number of aromatic nitrogens is 2. The van der Waals surface area contributed by atoms with E-state index in [0.29, 0.717) is 36.3 Å². The molecule has 3 aromatic carbocycles. The first-order chi connectivity index (χ1) is 28.5. The van der Waals surface area contributed by atoms with Crippen LogP contribution in [0.5, 0.6) is 0 Å². The summed E-state index contributed by atoms with van der Waals surface area (Å²) in [6, 6.07) is 24.4. The zero-order chi connectivity index (χ0) is 42.1. The highest BCUT2D eigenvalue weighted by Gasteiger charge is 2.21. The lowest BCUT2D eigenvalue weighted by Crippen LogP contribution is -2.43. The molecule has 0 atom stereocenters. The third-order valence-corrected chi connectivity index (χ3v) is 12.0. The van der Waals surface area contributed by atoms with Crippen LogP contribution in [0.25, 0.3) is 21.8 Å². The van der Waals surface area contributed by atoms with Crippen molar-refractivity contribution in [2.75, 3.05) is 53.4 Å². The van der Waals surface area contributed by atoms with Gasteiger partial charge in [-0.3, -0.25) is 19.2 Å². The fourth-order valence-corrected chi connectivity index (χ4v) is 8.26. The lowest BCUT2D eigenvalue weighted by atomic mass is 10.0. The number of pyridine rings is 2. The summed E-state index contributed by atoms with van der Waals surface area (Å²) in [4.78, 5) is 54.8. The normalized spacial score (nSPS) is 15.6. The van der Waals surface area contributed by atoms with Crippen LogP contribution in [0, 0.1) is 13.8 Å². The van der Waals surface area contributed by atoms with E-state index in [2.05, 4.69) is 56.9 Å². The summed E-state index contributed by atoms with van der Waals surface area (Å²) >= 11 is 0. The predicted octanol–water partition coefficient (Wildman–Crippen LogP) is 4.58. The molecule has 2 fully saturated rings. The molecular formula is C47H62N8O4. The molecule has 2 aliphatic rings. The summed E-state index contributed by atoms with van der Waals surface area (Å²) in [7, 11) is 3.17. The number of hydrogen-bond acceptors (Lipinski definition) is 8. The van der Waals surface area contributed by atoms with Crippen LogP contribution in [-0.2, 0) is 26.1 Å². The van der Waals surface area contributed by atoms with Gasteiger partial charge >= 0.3 is 0 Å². The van der Waals surface area contributed by atoms with Gasteiger partial charge in [-0.05, 0) is 107 Å². The fourth-order valence-electron chi connectivity index (χ4n) is 8.26. The van der Waals surface area contributed by atoms with Gasteiger partial charge in [0.2, 0.25) is 0 Å². The van der Waals surface area contributed by atoms with E-state index in [0.717, 1.165) is 111 Å². The van der Waals surface area contributed by atoms with Gasteiger partial charge in [-0.1, -0.05) is 55.5 Å². The van der Waals surface area contributed by atoms with Crippen LogP contribution in [-0.4, -0.2) is 96.2 Å². The van der Waals surface area contributed by atoms with Crippen LogP contribution in [0.3, 0.4) is 0 Å². The number of likely N-dealkylation sites (tertiary alicyclic amines) is 2. The van der Waals surface area contributed by atoms with Crippen molar-refractivity contribution in [1.82, 2.24) is 34.9 Å². The number of aryl methyl sites for hydroxylation is 3. The van der Waals surface area contributed by atoms with Gasteiger partial charge in [-0.2, -0.15) is 0 Å². The minimum absolute atomic E-state index is 0.123. The largest absolute Gasteiger partial charge is 0.355 e. The molecule has 0 spiro atoms. The monoisotopic (exact) mass is 802 g/mol. The topological polar surface area (TPSA) is 147 Å². The molecule has 0 unspecified atom stereocenters. The zero-order valence-electron chi connectivity index (χ0n) is 35.5. The number of amides is 2. The molecule has 314 valence electrons. The summed E-state index contributed by atoms with van der Waals surface area (Å²) in [6.07, 6.45) is 5.30. The fraction of sp³-hybridized carbons (Fsp3) is 0.447. The van der Waals surface area contributed by atoms with Crippen molar-refractivity contribution in [3.8, 4) is 0 Å². The van der Waals surface area contributed by atoms with Crippen LogP contribution in [0.15, 0.2) is 82.4 Å². The molecule has 7 rings (SSSR count). The lowest BCUT2D eigenvalue weighted by molar-refractivity contribution is 0.0956. The Balaban J connectivity index is 0.000000208. The number of nitrogens with two attached hydrogens (primary N) is 1. The third kappa shape index (κ3) is 10.9. The first-order valence-electron chi connectivity index (χ1n) is 21.2. The Bertz CT molecular complexity index is 2350. The number of nitrogens with one attached hydrogen (secondary N) is 3. The Hall–Kier alpha value is -5.14. The highest BCUT2D eigenvalue weighted by atomic mass is 16.2. The molecular weight excluding hydrogens is 741 g/mol. The maximum atomic E-state index is 12.9. The number of hydrogen-bond donors (Lipinski definition) is 4. The molecule has 2 aromatic heterocycles. The lowest BCUT2D eigenvalue weighted by Gasteiger charge is -2.32. The van der Waals surface area contributed by atoms with Gasteiger partial charge in [-0.25, -0.2) is 0 Å². The van der Waals surface area contributed by atoms with Gasteiger partial charge in [0, 0.05) is 81.8 Å². The molecule has 4 heterocycles. The van der Waals surface area contributed by atoms with E-state index in [4.69, 9.17) is 5.73 Å². The standard InChI is InChI=1S/C28H36N4O2.C19H26N4O2/c1-4-21-6-8-22(9-7-21)19-30-23-11-13-31(14-12-23)15-16-32-26-17-20(2)5-10-24(26)25(18-27(32)33)28(34)29-3;1-13-3-4-15-16(19(25)21-2)12-18(24)23(17(15)11-13)10-9-22-7-5-14(20)6-8-22/h5-10,17-18,23,30H,4,11-16,19H2,1-3H3,(H,29,34);3-4,11-12,14H,5-10,20H2,1-2H3,(H,21,25). The maximum absolute atomic E-state index is 12.9. The number of carbonyl (C=O) groups is 2. The van der Waals surface area contributed by atoms with Crippen molar-refractivity contribution in [2.45, 2.75) is 84.6 Å². The number of piperidine rings is 2. The molecule has 12 heteroatoms. The van der Waals surface area contributed by atoms with Gasteiger partial charge in [-0.15, -0.1) is 0 Å². The van der Waals surface area contributed by atoms with E-state index < -0.39 is 0 Å². The van der Waals surface area contributed by atoms with Crippen molar-refractivity contribution in [1.29, 1.82) is 0 Å². The molecule has 2 saturated heterocycles. The van der Waals surface area contributed by atoms with Crippen LogP contribution >= 0.6 is 0 Å². The molecule has 0 aliphatic carbocycles. The van der Waals surface area contributed by atoms with Gasteiger partial charge in [0.1, 0.15) is 0 Å². The minimum Gasteiger partial charge on any atom is -0.355 e. The average Bonchev–Trinajstić information content (AvgIpc) is 3.25. The number of rotatable bonds is 12.